The Bertz CT molecular complexity index is 1120. The van der Waals surface area contributed by atoms with Crippen LogP contribution >= 0.6 is 0 Å². The van der Waals surface area contributed by atoms with Crippen molar-refractivity contribution in [1.82, 2.24) is 14.7 Å². The van der Waals surface area contributed by atoms with Crippen LogP contribution in [0.15, 0.2) is 42.5 Å². The highest BCUT2D eigenvalue weighted by Crippen LogP contribution is 2.41. The number of hydrogen-bond donors (Lipinski definition) is 0. The lowest BCUT2D eigenvalue weighted by Crippen LogP contribution is -2.40. The maximum absolute atomic E-state index is 13.5. The summed E-state index contributed by atoms with van der Waals surface area (Å²) < 4.78 is 13.0. The number of fused-ring (bicyclic) bond motifs is 1. The molecule has 0 spiro atoms. The van der Waals surface area contributed by atoms with Crippen LogP contribution in [0.25, 0.3) is 0 Å². The maximum Gasteiger partial charge on any atom is 0.223 e. The van der Waals surface area contributed by atoms with Crippen molar-refractivity contribution in [3.63, 3.8) is 0 Å². The summed E-state index contributed by atoms with van der Waals surface area (Å²) >= 11 is 0. The normalized spacial score (nSPS) is 15.4. The molecular weight excluding hydrogens is 402 g/mol. The molecule has 3 aromatic rings. The first kappa shape index (κ1) is 21.9. The first-order chi connectivity index (χ1) is 15.4. The third-order valence-electron chi connectivity index (χ3n) is 6.56. The smallest absolute Gasteiger partial charge is 0.223 e. The molecule has 6 nitrogen and oxygen atoms in total. The van der Waals surface area contributed by atoms with Gasteiger partial charge in [-0.05, 0) is 61.1 Å². The standard InChI is InChI=1S/C26H31N3O3/c1-17-21(18(2)28(3)27-17)11-12-25(30)29-14-13-20-15-23(31-4)24(32-5)16-22(20)26(29)19-9-7-6-8-10-19/h6-10,15-16,26H,11-14H2,1-5H3. The molecule has 0 N–H and O–H groups in total. The van der Waals surface area contributed by atoms with E-state index in [2.05, 4.69) is 24.2 Å². The number of aryl methyl sites for hydroxylation is 2. The lowest BCUT2D eigenvalue weighted by molar-refractivity contribution is -0.133. The second-order valence-electron chi connectivity index (χ2n) is 8.33. The van der Waals surface area contributed by atoms with Crippen LogP contribution in [-0.4, -0.2) is 41.4 Å². The summed E-state index contributed by atoms with van der Waals surface area (Å²) in [5.74, 6) is 1.56. The van der Waals surface area contributed by atoms with E-state index in [1.807, 2.05) is 53.9 Å². The van der Waals surface area contributed by atoms with Gasteiger partial charge >= 0.3 is 0 Å². The minimum atomic E-state index is -0.150. The predicted molar refractivity (Wildman–Crippen MR) is 124 cm³/mol. The van der Waals surface area contributed by atoms with E-state index in [-0.39, 0.29) is 11.9 Å². The van der Waals surface area contributed by atoms with E-state index in [0.29, 0.717) is 25.1 Å². The maximum atomic E-state index is 13.5. The van der Waals surface area contributed by atoms with E-state index in [4.69, 9.17) is 9.47 Å². The SMILES string of the molecule is COc1cc2c(cc1OC)C(c1ccccc1)N(C(=O)CCc1c(C)nn(C)c1C)CC2. The van der Waals surface area contributed by atoms with E-state index in [1.54, 1.807) is 14.2 Å². The van der Waals surface area contributed by atoms with Crippen LogP contribution in [-0.2, 0) is 24.7 Å². The van der Waals surface area contributed by atoms with Crippen molar-refractivity contribution in [2.75, 3.05) is 20.8 Å². The number of methoxy groups -OCH3 is 2. The van der Waals surface area contributed by atoms with Crippen molar-refractivity contribution >= 4 is 5.91 Å². The number of carbonyl (C=O) groups excluding carboxylic acids is 1. The molecule has 2 heterocycles. The topological polar surface area (TPSA) is 56.6 Å². The molecule has 1 unspecified atom stereocenters. The van der Waals surface area contributed by atoms with Gasteiger partial charge in [-0.15, -0.1) is 0 Å². The molecule has 1 aliphatic rings. The molecule has 1 amide bonds. The highest BCUT2D eigenvalue weighted by Gasteiger charge is 2.33. The van der Waals surface area contributed by atoms with Crippen molar-refractivity contribution in [1.29, 1.82) is 0 Å². The third kappa shape index (κ3) is 3.97. The monoisotopic (exact) mass is 433 g/mol. The van der Waals surface area contributed by atoms with Crippen molar-refractivity contribution < 1.29 is 14.3 Å². The van der Waals surface area contributed by atoms with Crippen LogP contribution in [0.4, 0.5) is 0 Å². The number of benzene rings is 2. The second-order valence-corrected chi connectivity index (χ2v) is 8.33. The van der Waals surface area contributed by atoms with Gasteiger partial charge in [-0.3, -0.25) is 9.48 Å². The zero-order chi connectivity index (χ0) is 22.8. The molecule has 1 atom stereocenters. The fourth-order valence-corrected chi connectivity index (χ4v) is 4.76. The third-order valence-corrected chi connectivity index (χ3v) is 6.56. The Balaban J connectivity index is 1.68. The van der Waals surface area contributed by atoms with Crippen LogP contribution in [0.3, 0.4) is 0 Å². The molecule has 0 fully saturated rings. The van der Waals surface area contributed by atoms with Gasteiger partial charge in [0.2, 0.25) is 5.91 Å². The Labute approximate surface area is 189 Å². The van der Waals surface area contributed by atoms with Gasteiger partial charge in [0.15, 0.2) is 11.5 Å². The Hall–Kier alpha value is -3.28. The summed E-state index contributed by atoms with van der Waals surface area (Å²) in [5.41, 5.74) is 6.68. The number of ether oxygens (including phenoxy) is 2. The van der Waals surface area contributed by atoms with Crippen molar-refractivity contribution in [3.8, 4) is 11.5 Å². The van der Waals surface area contributed by atoms with Crippen LogP contribution in [0.2, 0.25) is 0 Å². The van der Waals surface area contributed by atoms with E-state index >= 15 is 0 Å². The van der Waals surface area contributed by atoms with Crippen LogP contribution in [0.1, 0.15) is 46.1 Å². The molecule has 168 valence electrons. The Kier molecular flexibility index (Phi) is 6.21. The number of aromatic nitrogens is 2. The second kappa shape index (κ2) is 9.07. The minimum Gasteiger partial charge on any atom is -0.493 e. The average Bonchev–Trinajstić information content (AvgIpc) is 3.06. The summed E-state index contributed by atoms with van der Waals surface area (Å²) in [5, 5.41) is 4.49. The molecule has 1 aliphatic heterocycles. The minimum absolute atomic E-state index is 0.150. The first-order valence-corrected chi connectivity index (χ1v) is 11.0. The summed E-state index contributed by atoms with van der Waals surface area (Å²) in [6.45, 7) is 4.74. The van der Waals surface area contributed by atoms with Gasteiger partial charge in [0.05, 0.1) is 26.0 Å². The Morgan fingerprint density at radius 1 is 1.09 bits per heavy atom. The largest absolute Gasteiger partial charge is 0.493 e. The number of rotatable bonds is 6. The van der Waals surface area contributed by atoms with Crippen LogP contribution in [0.5, 0.6) is 11.5 Å². The van der Waals surface area contributed by atoms with Gasteiger partial charge in [-0.1, -0.05) is 30.3 Å². The van der Waals surface area contributed by atoms with E-state index in [9.17, 15) is 4.79 Å². The quantitative estimate of drug-likeness (QED) is 0.586. The highest BCUT2D eigenvalue weighted by molar-refractivity contribution is 5.78. The van der Waals surface area contributed by atoms with Crippen LogP contribution in [0, 0.1) is 13.8 Å². The molecular formula is C26H31N3O3. The lowest BCUT2D eigenvalue weighted by atomic mass is 9.87. The van der Waals surface area contributed by atoms with Gasteiger partial charge in [-0.2, -0.15) is 5.10 Å². The molecule has 0 saturated heterocycles. The van der Waals surface area contributed by atoms with Gasteiger partial charge in [0.25, 0.3) is 0 Å². The molecule has 6 heteroatoms. The first-order valence-electron chi connectivity index (χ1n) is 11.0. The van der Waals surface area contributed by atoms with E-state index < -0.39 is 0 Å². The van der Waals surface area contributed by atoms with E-state index in [0.717, 1.165) is 34.7 Å². The Morgan fingerprint density at radius 3 is 2.41 bits per heavy atom. The fourth-order valence-electron chi connectivity index (χ4n) is 4.76. The molecule has 0 radical (unpaired) electrons. The van der Waals surface area contributed by atoms with Crippen molar-refractivity contribution in [3.05, 3.63) is 76.1 Å². The molecule has 0 bridgehead atoms. The Morgan fingerprint density at radius 2 is 1.78 bits per heavy atom. The van der Waals surface area contributed by atoms with Gasteiger partial charge in [0.1, 0.15) is 0 Å². The highest BCUT2D eigenvalue weighted by atomic mass is 16.5. The van der Waals surface area contributed by atoms with Gasteiger partial charge in [0, 0.05) is 25.7 Å². The number of amides is 1. The average molecular weight is 434 g/mol. The molecule has 1 aromatic heterocycles. The molecule has 4 rings (SSSR count). The molecule has 32 heavy (non-hydrogen) atoms. The molecule has 0 aliphatic carbocycles. The summed E-state index contributed by atoms with van der Waals surface area (Å²) in [7, 11) is 5.24. The van der Waals surface area contributed by atoms with Crippen LogP contribution < -0.4 is 9.47 Å². The molecule has 2 aromatic carbocycles. The van der Waals surface area contributed by atoms with E-state index in [1.165, 1.54) is 11.1 Å². The number of hydrogen-bond acceptors (Lipinski definition) is 4. The summed E-state index contributed by atoms with van der Waals surface area (Å²) in [6.07, 6.45) is 1.94. The number of nitrogens with zero attached hydrogens (tertiary/aromatic N) is 3. The zero-order valence-corrected chi connectivity index (χ0v) is 19.5. The molecule has 0 saturated carbocycles. The summed E-state index contributed by atoms with van der Waals surface area (Å²) in [6, 6.07) is 14.2. The van der Waals surface area contributed by atoms with Crippen molar-refractivity contribution in [2.24, 2.45) is 7.05 Å². The number of carbonyl (C=O) groups is 1. The lowest BCUT2D eigenvalue weighted by Gasteiger charge is -2.38. The zero-order valence-electron chi connectivity index (χ0n) is 19.5. The predicted octanol–water partition coefficient (Wildman–Crippen LogP) is 4.16. The van der Waals surface area contributed by atoms with Gasteiger partial charge in [-0.25, -0.2) is 0 Å². The summed E-state index contributed by atoms with van der Waals surface area (Å²) in [4.78, 5) is 15.5. The van der Waals surface area contributed by atoms with Gasteiger partial charge < -0.3 is 14.4 Å². The van der Waals surface area contributed by atoms with Crippen molar-refractivity contribution in [2.45, 2.75) is 39.2 Å². The fraction of sp³-hybridized carbons (Fsp3) is 0.385.